The summed E-state index contributed by atoms with van der Waals surface area (Å²) >= 11 is 0. The van der Waals surface area contributed by atoms with Crippen molar-refractivity contribution in [1.82, 2.24) is 0 Å². The predicted molar refractivity (Wildman–Crippen MR) is 111 cm³/mol. The van der Waals surface area contributed by atoms with Gasteiger partial charge in [0.05, 0.1) is 49.3 Å². The van der Waals surface area contributed by atoms with E-state index in [0.29, 0.717) is 38.5 Å². The van der Waals surface area contributed by atoms with Crippen molar-refractivity contribution in [2.75, 3.05) is 13.7 Å². The van der Waals surface area contributed by atoms with E-state index >= 15 is 0 Å². The molecule has 4 rings (SSSR count). The number of hydrogen-bond donors (Lipinski definition) is 7. The first-order chi connectivity index (χ1) is 15.7. The molecule has 4 fully saturated rings. The Bertz CT molecular complexity index is 635. The Morgan fingerprint density at radius 1 is 0.788 bits per heavy atom. The molecule has 2 saturated heterocycles. The van der Waals surface area contributed by atoms with Gasteiger partial charge >= 0.3 is 0 Å². The van der Waals surface area contributed by atoms with Gasteiger partial charge in [-0.3, -0.25) is 0 Å². The van der Waals surface area contributed by atoms with Crippen LogP contribution in [-0.2, 0) is 18.9 Å². The van der Waals surface area contributed by atoms with Crippen molar-refractivity contribution in [2.45, 2.75) is 112 Å². The molecular weight excluding hydrogens is 440 g/mol. The summed E-state index contributed by atoms with van der Waals surface area (Å²) in [5, 5.41) is 71.1. The minimum absolute atomic E-state index is 0.136. The molecule has 14 unspecified atom stereocenters. The molecule has 192 valence electrons. The normalized spacial score (nSPS) is 53.5. The van der Waals surface area contributed by atoms with E-state index in [9.17, 15) is 35.7 Å². The predicted octanol–water partition coefficient (Wildman–Crippen LogP) is -2.36. The first-order valence-electron chi connectivity index (χ1n) is 11.9. The van der Waals surface area contributed by atoms with E-state index in [1.807, 2.05) is 0 Å². The molecule has 11 nitrogen and oxygen atoms in total. The molecule has 0 bridgehead atoms. The fourth-order valence-electron chi connectivity index (χ4n) is 5.93. The number of ether oxygens (including phenoxy) is 4. The minimum atomic E-state index is -1.56. The van der Waals surface area contributed by atoms with Crippen LogP contribution in [0.3, 0.4) is 0 Å². The van der Waals surface area contributed by atoms with Crippen LogP contribution in [0.5, 0.6) is 0 Å². The van der Waals surface area contributed by atoms with Gasteiger partial charge in [0.2, 0.25) is 0 Å². The third kappa shape index (κ3) is 5.24. The van der Waals surface area contributed by atoms with E-state index in [4.69, 9.17) is 18.9 Å². The molecule has 2 saturated carbocycles. The van der Waals surface area contributed by atoms with Crippen molar-refractivity contribution >= 4 is 0 Å². The van der Waals surface area contributed by atoms with Crippen LogP contribution >= 0.6 is 0 Å². The van der Waals surface area contributed by atoms with Gasteiger partial charge in [0.25, 0.3) is 0 Å². The van der Waals surface area contributed by atoms with Crippen molar-refractivity contribution in [1.29, 1.82) is 0 Å². The maximum atomic E-state index is 10.7. The zero-order valence-corrected chi connectivity index (χ0v) is 18.8. The molecule has 2 aliphatic carbocycles. The average Bonchev–Trinajstić information content (AvgIpc) is 2.81. The van der Waals surface area contributed by atoms with Crippen LogP contribution in [0.15, 0.2) is 0 Å². The number of methoxy groups -OCH3 is 1. The number of fused-ring (bicyclic) bond motifs is 1. The lowest BCUT2D eigenvalue weighted by Crippen LogP contribution is -2.62. The Morgan fingerprint density at radius 3 is 2.21 bits per heavy atom. The highest BCUT2D eigenvalue weighted by atomic mass is 16.7. The van der Waals surface area contributed by atoms with E-state index < -0.39 is 67.8 Å². The maximum absolute atomic E-state index is 10.7. The minimum Gasteiger partial charge on any atom is -0.394 e. The van der Waals surface area contributed by atoms with E-state index in [0.717, 1.165) is 0 Å². The lowest BCUT2D eigenvalue weighted by molar-refractivity contribution is -0.333. The summed E-state index contributed by atoms with van der Waals surface area (Å²) in [6, 6.07) is 0. The standard InChI is InChI=1S/C22H38O11/c1-30-10-5-13(25)11-7-16(32-22-20(29)19(28)18(27)17(8-23)33-22)21(31-15(11)6-10)9-2-3-12(24)14(26)4-9/h9-29H,2-8H2,1H3. The summed E-state index contributed by atoms with van der Waals surface area (Å²) in [5.41, 5.74) is 0. The average molecular weight is 479 g/mol. The van der Waals surface area contributed by atoms with Crippen molar-refractivity contribution in [3.05, 3.63) is 0 Å². The zero-order valence-electron chi connectivity index (χ0n) is 18.8. The molecule has 0 spiro atoms. The number of hydrogen-bond acceptors (Lipinski definition) is 11. The highest BCUT2D eigenvalue weighted by molar-refractivity contribution is 4.99. The Hall–Kier alpha value is -0.440. The molecule has 0 aromatic carbocycles. The van der Waals surface area contributed by atoms with Gasteiger partial charge < -0.3 is 54.7 Å². The maximum Gasteiger partial charge on any atom is 0.187 e. The molecule has 0 amide bonds. The van der Waals surface area contributed by atoms with Gasteiger partial charge in [0.15, 0.2) is 6.29 Å². The van der Waals surface area contributed by atoms with E-state index in [1.165, 1.54) is 0 Å². The number of aliphatic hydroxyl groups excluding tert-OH is 7. The lowest BCUT2D eigenvalue weighted by atomic mass is 9.72. The van der Waals surface area contributed by atoms with Crippen LogP contribution in [0, 0.1) is 11.8 Å². The van der Waals surface area contributed by atoms with Gasteiger partial charge in [0.1, 0.15) is 24.4 Å². The Labute approximate surface area is 192 Å². The third-order valence-electron chi connectivity index (χ3n) is 7.95. The third-order valence-corrected chi connectivity index (χ3v) is 7.95. The van der Waals surface area contributed by atoms with Crippen LogP contribution in [-0.4, -0.2) is 123 Å². The van der Waals surface area contributed by atoms with Crippen LogP contribution < -0.4 is 0 Å². The second-order valence-corrected chi connectivity index (χ2v) is 10.0. The highest BCUT2D eigenvalue weighted by Crippen LogP contribution is 2.43. The van der Waals surface area contributed by atoms with Crippen molar-refractivity contribution in [2.24, 2.45) is 11.8 Å². The first-order valence-corrected chi connectivity index (χ1v) is 11.9. The molecule has 7 N–H and O–H groups in total. The Kier molecular flexibility index (Phi) is 8.29. The Balaban J connectivity index is 1.54. The molecule has 11 heteroatoms. The summed E-state index contributed by atoms with van der Waals surface area (Å²) < 4.78 is 23.6. The molecule has 0 aromatic heterocycles. The monoisotopic (exact) mass is 478 g/mol. The SMILES string of the molecule is COC1CC(O)C2CC(OC3OC(CO)C(O)C(O)C3O)C(C3CCC(O)C(O)C3)OC2C1. The lowest BCUT2D eigenvalue weighted by Gasteiger charge is -2.51. The Morgan fingerprint density at radius 2 is 1.55 bits per heavy atom. The van der Waals surface area contributed by atoms with Gasteiger partial charge in [-0.05, 0) is 38.0 Å². The largest absolute Gasteiger partial charge is 0.394 e. The van der Waals surface area contributed by atoms with E-state index in [1.54, 1.807) is 7.11 Å². The second-order valence-electron chi connectivity index (χ2n) is 10.0. The zero-order chi connectivity index (χ0) is 23.9. The summed E-state index contributed by atoms with van der Waals surface area (Å²) in [6.45, 7) is -0.566. The van der Waals surface area contributed by atoms with Crippen molar-refractivity contribution in [3.8, 4) is 0 Å². The van der Waals surface area contributed by atoms with Crippen LogP contribution in [0.1, 0.15) is 38.5 Å². The van der Waals surface area contributed by atoms with E-state index in [2.05, 4.69) is 0 Å². The van der Waals surface area contributed by atoms with Crippen molar-refractivity contribution in [3.63, 3.8) is 0 Å². The fourth-order valence-corrected chi connectivity index (χ4v) is 5.93. The molecule has 33 heavy (non-hydrogen) atoms. The summed E-state index contributed by atoms with van der Waals surface area (Å²) in [7, 11) is 1.60. The second kappa shape index (κ2) is 10.7. The number of rotatable bonds is 5. The highest BCUT2D eigenvalue weighted by Gasteiger charge is 2.52. The smallest absolute Gasteiger partial charge is 0.187 e. The van der Waals surface area contributed by atoms with Gasteiger partial charge in [-0.25, -0.2) is 0 Å². The summed E-state index contributed by atoms with van der Waals surface area (Å²) in [4.78, 5) is 0. The fraction of sp³-hybridized carbons (Fsp3) is 1.00. The van der Waals surface area contributed by atoms with E-state index in [-0.39, 0.29) is 24.0 Å². The van der Waals surface area contributed by atoms with Crippen LogP contribution in [0.4, 0.5) is 0 Å². The molecule has 0 radical (unpaired) electrons. The van der Waals surface area contributed by atoms with Gasteiger partial charge in [-0.1, -0.05) is 0 Å². The molecular formula is C22H38O11. The molecule has 2 heterocycles. The van der Waals surface area contributed by atoms with Gasteiger partial charge in [-0.2, -0.15) is 0 Å². The van der Waals surface area contributed by atoms with Crippen LogP contribution in [0.25, 0.3) is 0 Å². The van der Waals surface area contributed by atoms with Gasteiger partial charge in [-0.15, -0.1) is 0 Å². The van der Waals surface area contributed by atoms with Crippen molar-refractivity contribution < 1.29 is 54.7 Å². The molecule has 4 aliphatic rings. The quantitative estimate of drug-likeness (QED) is 0.225. The molecule has 0 aromatic rings. The topological polar surface area (TPSA) is 179 Å². The summed E-state index contributed by atoms with van der Waals surface area (Å²) in [5.74, 6) is -0.374. The first kappa shape index (κ1) is 25.6. The molecule has 14 atom stereocenters. The van der Waals surface area contributed by atoms with Crippen LogP contribution in [0.2, 0.25) is 0 Å². The summed E-state index contributed by atoms with van der Waals surface area (Å²) in [6.07, 6.45) is -8.14. The molecule has 2 aliphatic heterocycles. The van der Waals surface area contributed by atoms with Gasteiger partial charge in [0, 0.05) is 19.4 Å². The number of aliphatic hydroxyl groups is 7.